The fourth-order valence-electron chi connectivity index (χ4n) is 0.798. The van der Waals surface area contributed by atoms with E-state index in [1.165, 1.54) is 0 Å². The summed E-state index contributed by atoms with van der Waals surface area (Å²) in [4.78, 5) is 0. The Kier molecular flexibility index (Phi) is 2.90. The van der Waals surface area contributed by atoms with Crippen LogP contribution >= 0.6 is 9.24 Å². The van der Waals surface area contributed by atoms with Gasteiger partial charge in [-0.3, -0.25) is 0 Å². The van der Waals surface area contributed by atoms with Crippen molar-refractivity contribution in [1.82, 2.24) is 0 Å². The molecule has 0 N–H and O–H groups in total. The molecule has 0 rings (SSSR count). The van der Waals surface area contributed by atoms with Crippen LogP contribution in [0.25, 0.3) is 0 Å². The van der Waals surface area contributed by atoms with Crippen molar-refractivity contribution in [3.8, 4) is 0 Å². The molecule has 0 aromatic carbocycles. The van der Waals surface area contributed by atoms with Gasteiger partial charge in [-0.1, -0.05) is 23.1 Å². The van der Waals surface area contributed by atoms with Gasteiger partial charge >= 0.3 is 0 Å². The summed E-state index contributed by atoms with van der Waals surface area (Å²) < 4.78 is 12.6. The van der Waals surface area contributed by atoms with Gasteiger partial charge in [0.1, 0.15) is 5.41 Å². The molecule has 0 radical (unpaired) electrons. The first-order valence-corrected chi connectivity index (χ1v) is 3.47. The topological polar surface area (TPSA) is 0 Å². The summed E-state index contributed by atoms with van der Waals surface area (Å²) in [6.07, 6.45) is 0.623. The van der Waals surface area contributed by atoms with Gasteiger partial charge in [0.2, 0.25) is 0 Å². The van der Waals surface area contributed by atoms with Gasteiger partial charge in [-0.05, 0) is 19.3 Å². The first kappa shape index (κ1) is 8.36. The molecule has 0 fully saturated rings. The number of rotatable bonds is 2. The van der Waals surface area contributed by atoms with Gasteiger partial charge in [-0.15, -0.1) is 0 Å². The Morgan fingerprint density at radius 1 is 1.62 bits per heavy atom. The Labute approximate surface area is 53.1 Å². The van der Waals surface area contributed by atoms with E-state index in [2.05, 4.69) is 9.24 Å². The van der Waals surface area contributed by atoms with Crippen molar-refractivity contribution in [2.75, 3.05) is 0 Å². The average Bonchev–Trinajstić information content (AvgIpc) is 1.21. The van der Waals surface area contributed by atoms with Gasteiger partial charge in [0.25, 0.3) is 0 Å². The molecule has 2 atom stereocenters. The van der Waals surface area contributed by atoms with E-state index in [0.717, 1.165) is 0 Å². The molecule has 0 nitrogen and oxygen atoms in total. The molecule has 0 spiro atoms. The molecule has 2 unspecified atom stereocenters. The number of alkyl halides is 1. The zero-order valence-corrected chi connectivity index (χ0v) is 6.89. The van der Waals surface area contributed by atoms with Gasteiger partial charge < -0.3 is 0 Å². The minimum atomic E-state index is -1.06. The zero-order valence-electron chi connectivity index (χ0n) is 5.74. The molecule has 0 aliphatic rings. The van der Waals surface area contributed by atoms with Crippen LogP contribution in [0.4, 0.5) is 4.39 Å². The van der Waals surface area contributed by atoms with Crippen LogP contribution in [0.3, 0.4) is 0 Å². The maximum atomic E-state index is 12.6. The summed E-state index contributed by atoms with van der Waals surface area (Å²) in [5.74, 6) is 0.447. The van der Waals surface area contributed by atoms with E-state index >= 15 is 0 Å². The van der Waals surface area contributed by atoms with Gasteiger partial charge in [0.15, 0.2) is 0 Å². The van der Waals surface area contributed by atoms with Gasteiger partial charge in [0.05, 0.1) is 0 Å². The van der Waals surface area contributed by atoms with E-state index in [1.54, 1.807) is 6.92 Å². The van der Waals surface area contributed by atoms with Gasteiger partial charge in [0, 0.05) is 0 Å². The van der Waals surface area contributed by atoms with Gasteiger partial charge in [-0.25, -0.2) is 4.39 Å². The molecule has 50 valence electrons. The van der Waals surface area contributed by atoms with Crippen LogP contribution in [0.1, 0.15) is 27.2 Å². The van der Waals surface area contributed by atoms with Crippen LogP contribution in [0.15, 0.2) is 0 Å². The maximum Gasteiger partial charge on any atom is 0.121 e. The summed E-state index contributed by atoms with van der Waals surface area (Å²) in [5, 5.41) is -1.06. The summed E-state index contributed by atoms with van der Waals surface area (Å²) in [6, 6.07) is 0. The number of halogens is 1. The summed E-state index contributed by atoms with van der Waals surface area (Å²) in [5.41, 5.74) is 0. The molecule has 0 saturated carbocycles. The highest BCUT2D eigenvalue weighted by atomic mass is 31.0. The predicted octanol–water partition coefficient (Wildman–Crippen LogP) is 2.59. The molecule has 0 aliphatic carbocycles. The third-order valence-corrected chi connectivity index (χ3v) is 1.04. The van der Waals surface area contributed by atoms with Crippen LogP contribution in [0, 0.1) is 5.92 Å². The molecular weight excluding hydrogens is 122 g/mol. The largest absolute Gasteiger partial charge is 0.240 e. The molecule has 0 aromatic rings. The first-order valence-electron chi connectivity index (χ1n) is 2.89. The van der Waals surface area contributed by atoms with Crippen molar-refractivity contribution in [3.63, 3.8) is 0 Å². The Balaban J connectivity index is 3.39. The molecule has 8 heavy (non-hydrogen) atoms. The Hall–Kier alpha value is 0.360. The normalized spacial score (nSPS) is 18.8. The lowest BCUT2D eigenvalue weighted by Crippen LogP contribution is -2.09. The third kappa shape index (κ3) is 6.36. The van der Waals surface area contributed by atoms with E-state index in [0.29, 0.717) is 12.3 Å². The molecule has 0 heterocycles. The van der Waals surface area contributed by atoms with Crippen LogP contribution in [-0.4, -0.2) is 5.41 Å². The molecule has 0 saturated heterocycles. The van der Waals surface area contributed by atoms with Crippen molar-refractivity contribution in [2.24, 2.45) is 5.92 Å². The van der Waals surface area contributed by atoms with Crippen LogP contribution in [-0.2, 0) is 0 Å². The Morgan fingerprint density at radius 2 is 2.00 bits per heavy atom. The average molecular weight is 136 g/mol. The second-order valence-corrected chi connectivity index (χ2v) is 4.08. The van der Waals surface area contributed by atoms with Crippen molar-refractivity contribution in [1.29, 1.82) is 0 Å². The standard InChI is InChI=1S/C6H14FP/c1-5(2)4-6(3,7)8/h5H,4,8H2,1-3H3. The van der Waals surface area contributed by atoms with E-state index < -0.39 is 5.41 Å². The van der Waals surface area contributed by atoms with Crippen LogP contribution < -0.4 is 0 Å². The molecule has 0 aromatic heterocycles. The second-order valence-electron chi connectivity index (χ2n) is 2.88. The lowest BCUT2D eigenvalue weighted by molar-refractivity contribution is 0.265. The van der Waals surface area contributed by atoms with Crippen molar-refractivity contribution in [3.05, 3.63) is 0 Å². The highest BCUT2D eigenvalue weighted by Gasteiger charge is 2.16. The smallest absolute Gasteiger partial charge is 0.121 e. The molecule has 0 bridgehead atoms. The zero-order chi connectivity index (χ0) is 6.78. The summed E-state index contributed by atoms with van der Waals surface area (Å²) >= 11 is 0. The number of hydrogen-bond donors (Lipinski definition) is 0. The second kappa shape index (κ2) is 2.77. The lowest BCUT2D eigenvalue weighted by Gasteiger charge is -2.15. The lowest BCUT2D eigenvalue weighted by atomic mass is 10.1. The highest BCUT2D eigenvalue weighted by Crippen LogP contribution is 2.27. The van der Waals surface area contributed by atoms with Crippen molar-refractivity contribution < 1.29 is 4.39 Å². The van der Waals surface area contributed by atoms with Crippen LogP contribution in [0.5, 0.6) is 0 Å². The molecule has 0 amide bonds. The maximum absolute atomic E-state index is 12.6. The van der Waals surface area contributed by atoms with Crippen molar-refractivity contribution >= 4 is 9.24 Å². The van der Waals surface area contributed by atoms with E-state index in [1.807, 2.05) is 13.8 Å². The fourth-order valence-corrected chi connectivity index (χ4v) is 1.27. The molecule has 2 heteroatoms. The predicted molar refractivity (Wildman–Crippen MR) is 38.7 cm³/mol. The molecular formula is C6H14FP. The number of hydrogen-bond acceptors (Lipinski definition) is 0. The quantitative estimate of drug-likeness (QED) is 0.512. The minimum Gasteiger partial charge on any atom is -0.240 e. The monoisotopic (exact) mass is 136 g/mol. The van der Waals surface area contributed by atoms with Crippen molar-refractivity contribution in [2.45, 2.75) is 32.6 Å². The van der Waals surface area contributed by atoms with E-state index in [9.17, 15) is 4.39 Å². The summed E-state index contributed by atoms with van der Waals surface area (Å²) in [7, 11) is 2.19. The first-order chi connectivity index (χ1) is 3.42. The van der Waals surface area contributed by atoms with Crippen LogP contribution in [0.2, 0.25) is 0 Å². The fraction of sp³-hybridized carbons (Fsp3) is 1.00. The van der Waals surface area contributed by atoms with Gasteiger partial charge in [-0.2, -0.15) is 0 Å². The third-order valence-electron chi connectivity index (χ3n) is 0.807. The summed E-state index contributed by atoms with van der Waals surface area (Å²) in [6.45, 7) is 5.61. The van der Waals surface area contributed by atoms with E-state index in [-0.39, 0.29) is 0 Å². The molecule has 0 aliphatic heterocycles. The Bertz CT molecular complexity index is 63.4. The Morgan fingerprint density at radius 3 is 2.00 bits per heavy atom. The minimum absolute atomic E-state index is 0.447. The van der Waals surface area contributed by atoms with E-state index in [4.69, 9.17) is 0 Å². The highest BCUT2D eigenvalue weighted by molar-refractivity contribution is 7.18. The SMILES string of the molecule is CC(C)CC(C)(F)P.